The Bertz CT molecular complexity index is 991. The molecule has 0 unspecified atom stereocenters. The maximum Gasteiger partial charge on any atom is 0.338 e. The van der Waals surface area contributed by atoms with E-state index in [1.165, 1.54) is 0 Å². The molecule has 0 aliphatic carbocycles. The molecular formula is C14H7NO10. The summed E-state index contributed by atoms with van der Waals surface area (Å²) in [6, 6.07) is 0.842. The molecule has 11 nitrogen and oxygen atoms in total. The van der Waals surface area contributed by atoms with Crippen molar-refractivity contribution in [2.75, 3.05) is 0 Å². The highest BCUT2D eigenvalue weighted by Gasteiger charge is 2.35. The molecule has 5 N–H and O–H groups in total. The van der Waals surface area contributed by atoms with Gasteiger partial charge in [-0.1, -0.05) is 0 Å². The van der Waals surface area contributed by atoms with Gasteiger partial charge in [0.05, 0.1) is 27.8 Å². The molecule has 0 atom stereocenters. The van der Waals surface area contributed by atoms with E-state index in [4.69, 9.17) is 0 Å². The summed E-state index contributed by atoms with van der Waals surface area (Å²) in [6.07, 6.45) is 0.843. The SMILES string of the molecule is O=C(O)c1c(C(=O)O)c(C(=O)O)c2c(C(=O)O)ccnc2c1C(=O)O. The Balaban J connectivity index is 3.38. The van der Waals surface area contributed by atoms with Crippen LogP contribution in [0.5, 0.6) is 0 Å². The predicted octanol–water partition coefficient (Wildman–Crippen LogP) is 0.726. The van der Waals surface area contributed by atoms with Crippen LogP contribution >= 0.6 is 0 Å². The van der Waals surface area contributed by atoms with Gasteiger partial charge in [0.15, 0.2) is 0 Å². The average Bonchev–Trinajstić information content (AvgIpc) is 2.50. The number of carboxylic acids is 5. The Labute approximate surface area is 136 Å². The van der Waals surface area contributed by atoms with Crippen molar-refractivity contribution in [1.29, 1.82) is 0 Å². The number of nitrogens with zero attached hydrogens (tertiary/aromatic N) is 1. The van der Waals surface area contributed by atoms with E-state index in [9.17, 15) is 49.5 Å². The van der Waals surface area contributed by atoms with E-state index in [0.717, 1.165) is 12.3 Å². The van der Waals surface area contributed by atoms with Crippen LogP contribution in [0.2, 0.25) is 0 Å². The predicted molar refractivity (Wildman–Crippen MR) is 76.5 cm³/mol. The molecule has 128 valence electrons. The normalized spacial score (nSPS) is 10.4. The summed E-state index contributed by atoms with van der Waals surface area (Å²) in [6.45, 7) is 0. The number of benzene rings is 1. The third kappa shape index (κ3) is 2.59. The first-order valence-corrected chi connectivity index (χ1v) is 6.24. The van der Waals surface area contributed by atoms with Crippen molar-refractivity contribution in [3.05, 3.63) is 40.1 Å². The quantitative estimate of drug-likeness (QED) is 0.509. The highest BCUT2D eigenvalue weighted by atomic mass is 16.4. The number of aromatic carboxylic acids is 5. The first-order chi connectivity index (χ1) is 11.6. The molecule has 0 saturated heterocycles. The molecule has 0 spiro atoms. The second-order valence-corrected chi connectivity index (χ2v) is 4.61. The van der Waals surface area contributed by atoms with Crippen LogP contribution in [0.4, 0.5) is 0 Å². The minimum Gasteiger partial charge on any atom is -0.478 e. The molecular weight excluding hydrogens is 342 g/mol. The van der Waals surface area contributed by atoms with Gasteiger partial charge in [-0.15, -0.1) is 0 Å². The number of carbonyl (C=O) groups is 5. The van der Waals surface area contributed by atoms with Crippen molar-refractivity contribution >= 4 is 40.7 Å². The second-order valence-electron chi connectivity index (χ2n) is 4.61. The highest BCUT2D eigenvalue weighted by Crippen LogP contribution is 2.32. The van der Waals surface area contributed by atoms with E-state index in [1.54, 1.807) is 0 Å². The summed E-state index contributed by atoms with van der Waals surface area (Å²) >= 11 is 0. The van der Waals surface area contributed by atoms with Gasteiger partial charge in [-0.05, 0) is 6.07 Å². The number of aromatic nitrogens is 1. The first-order valence-electron chi connectivity index (χ1n) is 6.24. The van der Waals surface area contributed by atoms with Gasteiger partial charge >= 0.3 is 29.8 Å². The maximum atomic E-state index is 11.5. The van der Waals surface area contributed by atoms with Gasteiger partial charge in [0.25, 0.3) is 0 Å². The fraction of sp³-hybridized carbons (Fsp3) is 0. The monoisotopic (exact) mass is 349 g/mol. The lowest BCUT2D eigenvalue weighted by Crippen LogP contribution is -2.21. The smallest absolute Gasteiger partial charge is 0.338 e. The zero-order valence-corrected chi connectivity index (χ0v) is 11.9. The molecule has 2 aromatic rings. The first kappa shape index (κ1) is 17.3. The highest BCUT2D eigenvalue weighted by molar-refractivity contribution is 6.25. The van der Waals surface area contributed by atoms with Crippen LogP contribution in [-0.2, 0) is 0 Å². The van der Waals surface area contributed by atoms with Crippen molar-refractivity contribution in [2.45, 2.75) is 0 Å². The molecule has 2 rings (SSSR count). The van der Waals surface area contributed by atoms with Gasteiger partial charge < -0.3 is 25.5 Å². The van der Waals surface area contributed by atoms with Gasteiger partial charge in [-0.25, -0.2) is 24.0 Å². The third-order valence-corrected chi connectivity index (χ3v) is 3.27. The fourth-order valence-electron chi connectivity index (χ4n) is 2.43. The molecule has 1 heterocycles. The van der Waals surface area contributed by atoms with E-state index in [2.05, 4.69) is 4.98 Å². The molecule has 1 aromatic carbocycles. The molecule has 0 aliphatic rings. The van der Waals surface area contributed by atoms with Gasteiger partial charge in [0.1, 0.15) is 5.56 Å². The van der Waals surface area contributed by atoms with Crippen LogP contribution in [-0.4, -0.2) is 60.4 Å². The van der Waals surface area contributed by atoms with Crippen LogP contribution in [0.3, 0.4) is 0 Å². The minimum atomic E-state index is -2.04. The number of pyridine rings is 1. The van der Waals surface area contributed by atoms with Crippen LogP contribution in [0.1, 0.15) is 51.8 Å². The molecule has 11 heteroatoms. The molecule has 0 radical (unpaired) electrons. The van der Waals surface area contributed by atoms with E-state index >= 15 is 0 Å². The van der Waals surface area contributed by atoms with Crippen LogP contribution < -0.4 is 0 Å². The zero-order chi connectivity index (χ0) is 19.0. The van der Waals surface area contributed by atoms with Crippen molar-refractivity contribution in [1.82, 2.24) is 4.98 Å². The second kappa shape index (κ2) is 5.88. The van der Waals surface area contributed by atoms with Crippen LogP contribution in [0, 0.1) is 0 Å². The van der Waals surface area contributed by atoms with E-state index < -0.39 is 68.6 Å². The van der Waals surface area contributed by atoms with E-state index in [0.29, 0.717) is 0 Å². The summed E-state index contributed by atoms with van der Waals surface area (Å²) in [5.41, 5.74) is -6.43. The standard InChI is InChI=1S/C14H7NO10/c16-10(17)3-1-2-15-9-4(3)5(11(18)19)6(12(20)21)7(13(22)23)8(9)14(24)25/h1-2H,(H,16,17)(H,18,19)(H,20,21)(H,22,23)(H,24,25). The van der Waals surface area contributed by atoms with Crippen LogP contribution in [0.25, 0.3) is 10.9 Å². The molecule has 0 bridgehead atoms. The molecule has 0 saturated carbocycles. The lowest BCUT2D eigenvalue weighted by Gasteiger charge is -2.14. The maximum absolute atomic E-state index is 11.5. The van der Waals surface area contributed by atoms with Gasteiger partial charge in [-0.2, -0.15) is 0 Å². The molecule has 0 aliphatic heterocycles. The number of rotatable bonds is 5. The minimum absolute atomic E-state index is 0.732. The summed E-state index contributed by atoms with van der Waals surface area (Å²) in [5, 5.41) is 45.5. The van der Waals surface area contributed by atoms with Gasteiger partial charge in [0, 0.05) is 11.6 Å². The lowest BCUT2D eigenvalue weighted by molar-refractivity contribution is 0.0621. The number of hydrogen-bond donors (Lipinski definition) is 5. The Hall–Kier alpha value is -4.02. The molecule has 1 aromatic heterocycles. The summed E-state index contributed by atoms with van der Waals surface area (Å²) in [4.78, 5) is 60.8. The number of hydrogen-bond acceptors (Lipinski definition) is 6. The zero-order valence-electron chi connectivity index (χ0n) is 11.9. The van der Waals surface area contributed by atoms with Gasteiger partial charge in [0.2, 0.25) is 0 Å². The van der Waals surface area contributed by atoms with E-state index in [-0.39, 0.29) is 0 Å². The molecule has 0 amide bonds. The average molecular weight is 349 g/mol. The Morgan fingerprint density at radius 1 is 0.640 bits per heavy atom. The lowest BCUT2D eigenvalue weighted by atomic mass is 9.89. The van der Waals surface area contributed by atoms with Crippen LogP contribution in [0.15, 0.2) is 12.3 Å². The third-order valence-electron chi connectivity index (χ3n) is 3.27. The van der Waals surface area contributed by atoms with E-state index in [1.807, 2.05) is 0 Å². The topological polar surface area (TPSA) is 199 Å². The molecule has 0 fully saturated rings. The molecule has 25 heavy (non-hydrogen) atoms. The Morgan fingerprint density at radius 3 is 1.48 bits per heavy atom. The van der Waals surface area contributed by atoms with Crippen molar-refractivity contribution in [3.63, 3.8) is 0 Å². The summed E-state index contributed by atoms with van der Waals surface area (Å²) in [5.74, 6) is -9.58. The fourth-order valence-corrected chi connectivity index (χ4v) is 2.43. The number of carboxylic acid groups (broad SMARTS) is 5. The Morgan fingerprint density at radius 2 is 1.08 bits per heavy atom. The number of fused-ring (bicyclic) bond motifs is 1. The largest absolute Gasteiger partial charge is 0.478 e. The van der Waals surface area contributed by atoms with Crippen molar-refractivity contribution < 1.29 is 49.5 Å². The summed E-state index contributed by atoms with van der Waals surface area (Å²) in [7, 11) is 0. The Kier molecular flexibility index (Phi) is 4.08. The summed E-state index contributed by atoms with van der Waals surface area (Å²) < 4.78 is 0. The van der Waals surface area contributed by atoms with Crippen molar-refractivity contribution in [3.8, 4) is 0 Å². The van der Waals surface area contributed by atoms with Gasteiger partial charge in [-0.3, -0.25) is 4.98 Å². The van der Waals surface area contributed by atoms with Crippen molar-refractivity contribution in [2.24, 2.45) is 0 Å².